The summed E-state index contributed by atoms with van der Waals surface area (Å²) in [5, 5.41) is 18.6. The molecule has 1 aromatic rings. The second kappa shape index (κ2) is 9.60. The SMILES string of the molecule is N#Cc1ccc(NC(=S)N[C@H]2CO[C@H]3[C@@H]2OC[C@H]3OC(=O)NC2CCCCC2)cc1. The molecule has 8 nitrogen and oxygen atoms in total. The monoisotopic (exact) mass is 430 g/mol. The van der Waals surface area contributed by atoms with Crippen molar-refractivity contribution in [2.75, 3.05) is 18.5 Å². The first kappa shape index (κ1) is 20.8. The average molecular weight is 431 g/mol. The fourth-order valence-corrected chi connectivity index (χ4v) is 4.51. The zero-order chi connectivity index (χ0) is 20.9. The largest absolute Gasteiger partial charge is 0.441 e. The molecule has 2 saturated heterocycles. The lowest BCUT2D eigenvalue weighted by molar-refractivity contribution is 0.00277. The van der Waals surface area contributed by atoms with Gasteiger partial charge in [-0.3, -0.25) is 0 Å². The van der Waals surface area contributed by atoms with Crippen molar-refractivity contribution in [3.8, 4) is 6.07 Å². The Labute approximate surface area is 181 Å². The normalized spacial score (nSPS) is 28.2. The number of carbonyl (C=O) groups excluding carboxylic acids is 1. The van der Waals surface area contributed by atoms with Gasteiger partial charge in [-0.1, -0.05) is 19.3 Å². The molecule has 3 fully saturated rings. The van der Waals surface area contributed by atoms with E-state index in [9.17, 15) is 4.79 Å². The number of ether oxygens (including phenoxy) is 3. The number of nitrogens with zero attached hydrogens (tertiary/aromatic N) is 1. The van der Waals surface area contributed by atoms with E-state index in [-0.39, 0.29) is 24.3 Å². The van der Waals surface area contributed by atoms with Gasteiger partial charge in [0.2, 0.25) is 0 Å². The molecule has 0 unspecified atom stereocenters. The number of anilines is 1. The molecule has 1 amide bonds. The van der Waals surface area contributed by atoms with Gasteiger partial charge in [0.1, 0.15) is 12.2 Å². The third-order valence-electron chi connectivity index (χ3n) is 5.78. The molecule has 4 rings (SSSR count). The molecule has 1 aromatic carbocycles. The van der Waals surface area contributed by atoms with Crippen LogP contribution >= 0.6 is 12.2 Å². The molecule has 1 aliphatic carbocycles. The lowest BCUT2D eigenvalue weighted by Gasteiger charge is -2.24. The number of alkyl carbamates (subject to hydrolysis) is 1. The maximum atomic E-state index is 12.3. The molecule has 3 N–H and O–H groups in total. The van der Waals surface area contributed by atoms with E-state index in [4.69, 9.17) is 31.7 Å². The van der Waals surface area contributed by atoms with Gasteiger partial charge in [-0.25, -0.2) is 4.79 Å². The summed E-state index contributed by atoms with van der Waals surface area (Å²) < 4.78 is 17.3. The van der Waals surface area contributed by atoms with Crippen molar-refractivity contribution in [1.29, 1.82) is 5.26 Å². The Balaban J connectivity index is 1.24. The van der Waals surface area contributed by atoms with Crippen LogP contribution in [0.5, 0.6) is 0 Å². The van der Waals surface area contributed by atoms with Crippen molar-refractivity contribution < 1.29 is 19.0 Å². The molecule has 4 atom stereocenters. The van der Waals surface area contributed by atoms with Crippen LogP contribution < -0.4 is 16.0 Å². The van der Waals surface area contributed by atoms with Gasteiger partial charge in [-0.05, 0) is 49.3 Å². The summed E-state index contributed by atoms with van der Waals surface area (Å²) in [4.78, 5) is 12.3. The van der Waals surface area contributed by atoms with Crippen LogP contribution in [0.2, 0.25) is 0 Å². The van der Waals surface area contributed by atoms with Crippen molar-refractivity contribution in [3.05, 3.63) is 29.8 Å². The molecule has 0 radical (unpaired) electrons. The zero-order valence-corrected chi connectivity index (χ0v) is 17.5. The Morgan fingerprint density at radius 3 is 2.53 bits per heavy atom. The van der Waals surface area contributed by atoms with Gasteiger partial charge in [-0.2, -0.15) is 5.26 Å². The lowest BCUT2D eigenvalue weighted by atomic mass is 9.96. The number of fused-ring (bicyclic) bond motifs is 1. The molecule has 9 heteroatoms. The highest BCUT2D eigenvalue weighted by Gasteiger charge is 2.49. The van der Waals surface area contributed by atoms with E-state index in [1.807, 2.05) is 0 Å². The number of nitrogens with one attached hydrogen (secondary N) is 3. The number of hydrogen-bond donors (Lipinski definition) is 3. The maximum absolute atomic E-state index is 12.3. The van der Waals surface area contributed by atoms with E-state index in [0.717, 1.165) is 31.4 Å². The fourth-order valence-electron chi connectivity index (χ4n) is 4.24. The quantitative estimate of drug-likeness (QED) is 0.626. The number of rotatable bonds is 4. The predicted octanol–water partition coefficient (Wildman–Crippen LogP) is 2.44. The van der Waals surface area contributed by atoms with Gasteiger partial charge in [0.25, 0.3) is 0 Å². The molecule has 2 aliphatic heterocycles. The average Bonchev–Trinajstić information content (AvgIpc) is 3.33. The number of hydrogen-bond acceptors (Lipinski definition) is 6. The first-order chi connectivity index (χ1) is 14.6. The summed E-state index contributed by atoms with van der Waals surface area (Å²) in [6.07, 6.45) is 4.18. The molecule has 30 heavy (non-hydrogen) atoms. The van der Waals surface area contributed by atoms with E-state index in [1.165, 1.54) is 6.42 Å². The fraction of sp³-hybridized carbons (Fsp3) is 0.571. The molecule has 2 heterocycles. The second-order valence-electron chi connectivity index (χ2n) is 7.91. The molecule has 0 spiro atoms. The van der Waals surface area contributed by atoms with Gasteiger partial charge >= 0.3 is 6.09 Å². The minimum Gasteiger partial charge on any atom is -0.441 e. The molecule has 160 valence electrons. The van der Waals surface area contributed by atoms with Crippen LogP contribution in [-0.2, 0) is 14.2 Å². The van der Waals surface area contributed by atoms with E-state index in [2.05, 4.69) is 22.0 Å². The van der Waals surface area contributed by atoms with E-state index in [1.54, 1.807) is 24.3 Å². The molecular weight excluding hydrogens is 404 g/mol. The van der Waals surface area contributed by atoms with Crippen molar-refractivity contribution >= 4 is 29.1 Å². The number of benzene rings is 1. The van der Waals surface area contributed by atoms with Gasteiger partial charge < -0.3 is 30.2 Å². The van der Waals surface area contributed by atoms with Crippen LogP contribution in [0.1, 0.15) is 37.7 Å². The summed E-state index contributed by atoms with van der Waals surface area (Å²) in [7, 11) is 0. The van der Waals surface area contributed by atoms with Crippen molar-refractivity contribution in [2.24, 2.45) is 0 Å². The summed E-state index contributed by atoms with van der Waals surface area (Å²) in [5.74, 6) is 0. The Morgan fingerprint density at radius 1 is 1.07 bits per heavy atom. The highest BCUT2D eigenvalue weighted by atomic mass is 32.1. The summed E-state index contributed by atoms with van der Waals surface area (Å²) >= 11 is 5.39. The third-order valence-corrected chi connectivity index (χ3v) is 6.00. The summed E-state index contributed by atoms with van der Waals surface area (Å²) in [6.45, 7) is 0.718. The smallest absolute Gasteiger partial charge is 0.407 e. The van der Waals surface area contributed by atoms with Gasteiger partial charge in [0.05, 0.1) is 30.9 Å². The van der Waals surface area contributed by atoms with E-state index < -0.39 is 12.2 Å². The Morgan fingerprint density at radius 2 is 1.80 bits per heavy atom. The summed E-state index contributed by atoms with van der Waals surface area (Å²) in [5.41, 5.74) is 1.37. The molecule has 0 aromatic heterocycles. The van der Waals surface area contributed by atoms with Crippen LogP contribution in [0.15, 0.2) is 24.3 Å². The minimum absolute atomic E-state index is 0.136. The second-order valence-corrected chi connectivity index (χ2v) is 8.32. The molecular formula is C21H26N4O4S. The molecule has 0 bridgehead atoms. The third kappa shape index (κ3) is 5.01. The minimum atomic E-state index is -0.426. The van der Waals surface area contributed by atoms with Crippen LogP contribution in [0.3, 0.4) is 0 Å². The van der Waals surface area contributed by atoms with Crippen molar-refractivity contribution in [1.82, 2.24) is 10.6 Å². The van der Waals surface area contributed by atoms with Crippen LogP contribution in [-0.4, -0.2) is 54.8 Å². The first-order valence-corrected chi connectivity index (χ1v) is 10.8. The predicted molar refractivity (Wildman–Crippen MR) is 114 cm³/mol. The zero-order valence-electron chi connectivity index (χ0n) is 16.6. The standard InChI is InChI=1S/C21H26N4O4S/c22-10-13-6-8-15(9-7-13)23-20(30)25-16-11-27-19-17(12-28-18(16)19)29-21(26)24-14-4-2-1-3-5-14/h6-9,14,16-19H,1-5,11-12H2,(H,24,26)(H2,23,25,30)/t16-,17+,18+,19+/m0/s1. The molecule has 3 aliphatic rings. The Hall–Kier alpha value is -2.41. The van der Waals surface area contributed by atoms with Crippen LogP contribution in [0.4, 0.5) is 10.5 Å². The molecule has 1 saturated carbocycles. The van der Waals surface area contributed by atoms with Crippen molar-refractivity contribution in [2.45, 2.75) is 62.5 Å². The number of carbonyl (C=O) groups is 1. The van der Waals surface area contributed by atoms with Crippen molar-refractivity contribution in [3.63, 3.8) is 0 Å². The van der Waals surface area contributed by atoms with Gasteiger partial charge in [-0.15, -0.1) is 0 Å². The summed E-state index contributed by atoms with van der Waals surface area (Å²) in [6, 6.07) is 9.18. The number of nitriles is 1. The number of thiocarbonyl (C=S) groups is 1. The number of amides is 1. The van der Waals surface area contributed by atoms with E-state index >= 15 is 0 Å². The van der Waals surface area contributed by atoms with Crippen LogP contribution in [0, 0.1) is 11.3 Å². The van der Waals surface area contributed by atoms with Gasteiger partial charge in [0.15, 0.2) is 11.2 Å². The topological polar surface area (TPSA) is 105 Å². The van der Waals surface area contributed by atoms with Gasteiger partial charge in [0, 0.05) is 11.7 Å². The highest BCUT2D eigenvalue weighted by molar-refractivity contribution is 7.80. The lowest BCUT2D eigenvalue weighted by Crippen LogP contribution is -2.46. The highest BCUT2D eigenvalue weighted by Crippen LogP contribution is 2.29. The Kier molecular flexibility index (Phi) is 6.67. The van der Waals surface area contributed by atoms with Crippen LogP contribution in [0.25, 0.3) is 0 Å². The maximum Gasteiger partial charge on any atom is 0.407 e. The Bertz CT molecular complexity index is 806. The first-order valence-electron chi connectivity index (χ1n) is 10.4. The van der Waals surface area contributed by atoms with E-state index in [0.29, 0.717) is 23.9 Å².